The summed E-state index contributed by atoms with van der Waals surface area (Å²) in [4.78, 5) is 3.69. The van der Waals surface area contributed by atoms with E-state index in [2.05, 4.69) is 10.3 Å². The third kappa shape index (κ3) is 2.58. The number of nitrogens with one attached hydrogen (secondary N) is 1. The topological polar surface area (TPSA) is 50.9 Å². The lowest BCUT2D eigenvalue weighted by molar-refractivity contribution is -0.137. The van der Waals surface area contributed by atoms with Gasteiger partial charge in [0.05, 0.1) is 5.56 Å². The van der Waals surface area contributed by atoms with Gasteiger partial charge in [0.15, 0.2) is 0 Å². The van der Waals surface area contributed by atoms with Gasteiger partial charge in [0.2, 0.25) is 0 Å². The van der Waals surface area contributed by atoms with Crippen LogP contribution in [0.5, 0.6) is 0 Å². The standard InChI is InChI=1S/C12H16F3N3/c1-7-9(3-2-4-17-7)10-5-8(12(13,14)15)6-18-11(10)16/h5-7,9,17H,2-4H2,1H3,(H2,16,18). The molecular weight excluding hydrogens is 243 g/mol. The normalized spacial score (nSPS) is 25.1. The summed E-state index contributed by atoms with van der Waals surface area (Å²) in [6.07, 6.45) is -1.81. The molecule has 0 spiro atoms. The molecule has 0 saturated carbocycles. The van der Waals surface area contributed by atoms with Crippen LogP contribution in [0.15, 0.2) is 12.3 Å². The summed E-state index contributed by atoms with van der Waals surface area (Å²) in [6, 6.07) is 1.25. The van der Waals surface area contributed by atoms with Crippen molar-refractivity contribution < 1.29 is 13.2 Å². The third-order valence-corrected chi connectivity index (χ3v) is 3.44. The highest BCUT2D eigenvalue weighted by atomic mass is 19.4. The first-order valence-corrected chi connectivity index (χ1v) is 5.95. The van der Waals surface area contributed by atoms with E-state index >= 15 is 0 Å². The number of nitrogens with zero attached hydrogens (tertiary/aromatic N) is 1. The van der Waals surface area contributed by atoms with Crippen LogP contribution < -0.4 is 11.1 Å². The molecule has 1 aromatic heterocycles. The van der Waals surface area contributed by atoms with Crippen molar-refractivity contribution in [2.45, 2.75) is 37.9 Å². The zero-order chi connectivity index (χ0) is 13.3. The molecule has 3 N–H and O–H groups in total. The van der Waals surface area contributed by atoms with Crippen LogP contribution >= 0.6 is 0 Å². The summed E-state index contributed by atoms with van der Waals surface area (Å²) >= 11 is 0. The molecule has 0 aromatic carbocycles. The maximum absolute atomic E-state index is 12.7. The van der Waals surface area contributed by atoms with E-state index in [0.29, 0.717) is 5.56 Å². The Labute approximate surface area is 104 Å². The number of piperidine rings is 1. The molecule has 3 nitrogen and oxygen atoms in total. The van der Waals surface area contributed by atoms with Gasteiger partial charge in [-0.3, -0.25) is 0 Å². The number of nitrogens with two attached hydrogens (primary N) is 1. The molecular formula is C12H16F3N3. The minimum Gasteiger partial charge on any atom is -0.383 e. The number of halogens is 3. The Morgan fingerprint density at radius 1 is 1.44 bits per heavy atom. The maximum atomic E-state index is 12.7. The second-order valence-electron chi connectivity index (χ2n) is 4.69. The quantitative estimate of drug-likeness (QED) is 0.814. The van der Waals surface area contributed by atoms with Crippen LogP contribution in [0.2, 0.25) is 0 Å². The van der Waals surface area contributed by atoms with E-state index in [1.807, 2.05) is 6.92 Å². The molecule has 1 aromatic rings. The van der Waals surface area contributed by atoms with E-state index in [1.165, 1.54) is 0 Å². The van der Waals surface area contributed by atoms with Crippen LogP contribution in [0.25, 0.3) is 0 Å². The minimum absolute atomic E-state index is 0.00597. The van der Waals surface area contributed by atoms with Crippen LogP contribution in [0.3, 0.4) is 0 Å². The summed E-state index contributed by atoms with van der Waals surface area (Å²) in [5, 5.41) is 3.25. The Bertz CT molecular complexity index is 431. The molecule has 2 unspecified atom stereocenters. The lowest BCUT2D eigenvalue weighted by Gasteiger charge is -2.31. The third-order valence-electron chi connectivity index (χ3n) is 3.44. The van der Waals surface area contributed by atoms with Gasteiger partial charge >= 0.3 is 6.18 Å². The van der Waals surface area contributed by atoms with Crippen molar-refractivity contribution in [2.75, 3.05) is 12.3 Å². The van der Waals surface area contributed by atoms with E-state index in [9.17, 15) is 13.2 Å². The van der Waals surface area contributed by atoms with Crippen molar-refractivity contribution in [3.8, 4) is 0 Å². The lowest BCUT2D eigenvalue weighted by atomic mass is 9.85. The molecule has 2 rings (SSSR count). The van der Waals surface area contributed by atoms with E-state index in [1.54, 1.807) is 0 Å². The first-order valence-electron chi connectivity index (χ1n) is 5.95. The van der Waals surface area contributed by atoms with Crippen molar-refractivity contribution in [2.24, 2.45) is 0 Å². The average molecular weight is 259 g/mol. The van der Waals surface area contributed by atoms with Crippen LogP contribution in [0.4, 0.5) is 19.0 Å². The highest BCUT2D eigenvalue weighted by Crippen LogP contribution is 2.35. The smallest absolute Gasteiger partial charge is 0.383 e. The molecule has 100 valence electrons. The predicted octanol–water partition coefficient (Wildman–Crippen LogP) is 2.54. The van der Waals surface area contributed by atoms with Gasteiger partial charge in [-0.25, -0.2) is 4.98 Å². The first kappa shape index (κ1) is 13.1. The Hall–Kier alpha value is -1.30. The fourth-order valence-corrected chi connectivity index (χ4v) is 2.41. The van der Waals surface area contributed by atoms with Gasteiger partial charge < -0.3 is 11.1 Å². The first-order chi connectivity index (χ1) is 8.39. The highest BCUT2D eigenvalue weighted by molar-refractivity contribution is 5.45. The number of pyridine rings is 1. The Morgan fingerprint density at radius 3 is 2.78 bits per heavy atom. The molecule has 1 aliphatic heterocycles. The van der Waals surface area contributed by atoms with Crippen molar-refractivity contribution in [3.05, 3.63) is 23.4 Å². The average Bonchev–Trinajstić information content (AvgIpc) is 2.29. The number of alkyl halides is 3. The predicted molar refractivity (Wildman–Crippen MR) is 63.1 cm³/mol. The number of rotatable bonds is 1. The number of nitrogen functional groups attached to an aromatic ring is 1. The SMILES string of the molecule is CC1NCCCC1c1cc(C(F)(F)F)cnc1N. The van der Waals surface area contributed by atoms with E-state index < -0.39 is 11.7 Å². The number of hydrogen-bond donors (Lipinski definition) is 2. The second kappa shape index (κ2) is 4.76. The second-order valence-corrected chi connectivity index (χ2v) is 4.69. The van der Waals surface area contributed by atoms with Crippen LogP contribution in [0.1, 0.15) is 36.8 Å². The summed E-state index contributed by atoms with van der Waals surface area (Å²) in [6.45, 7) is 2.85. The van der Waals surface area contributed by atoms with E-state index in [0.717, 1.165) is 31.6 Å². The number of aromatic nitrogens is 1. The zero-order valence-electron chi connectivity index (χ0n) is 10.1. The van der Waals surface area contributed by atoms with Crippen LogP contribution in [-0.4, -0.2) is 17.6 Å². The van der Waals surface area contributed by atoms with Crippen molar-refractivity contribution in [1.29, 1.82) is 0 Å². The summed E-state index contributed by atoms with van der Waals surface area (Å²) in [5.41, 5.74) is 5.49. The fraction of sp³-hybridized carbons (Fsp3) is 0.583. The van der Waals surface area contributed by atoms with Gasteiger partial charge in [0.1, 0.15) is 5.82 Å². The molecule has 2 heterocycles. The Balaban J connectivity index is 2.37. The molecule has 6 heteroatoms. The number of anilines is 1. The minimum atomic E-state index is -4.37. The molecule has 0 radical (unpaired) electrons. The van der Waals surface area contributed by atoms with Gasteiger partial charge in [-0.2, -0.15) is 13.2 Å². The molecule has 2 atom stereocenters. The Morgan fingerprint density at radius 2 is 2.17 bits per heavy atom. The molecule has 18 heavy (non-hydrogen) atoms. The highest BCUT2D eigenvalue weighted by Gasteiger charge is 2.33. The zero-order valence-corrected chi connectivity index (χ0v) is 10.1. The van der Waals surface area contributed by atoms with Crippen LogP contribution in [0, 0.1) is 0 Å². The van der Waals surface area contributed by atoms with Gasteiger partial charge in [0, 0.05) is 18.2 Å². The largest absolute Gasteiger partial charge is 0.417 e. The van der Waals surface area contributed by atoms with Crippen molar-refractivity contribution >= 4 is 5.82 Å². The molecule has 1 aliphatic rings. The summed E-state index contributed by atoms with van der Waals surface area (Å²) < 4.78 is 38.0. The summed E-state index contributed by atoms with van der Waals surface area (Å²) in [5.74, 6) is 0.192. The Kier molecular flexibility index (Phi) is 3.47. The van der Waals surface area contributed by atoms with E-state index in [4.69, 9.17) is 5.73 Å². The van der Waals surface area contributed by atoms with Gasteiger partial charge in [-0.1, -0.05) is 0 Å². The van der Waals surface area contributed by atoms with Gasteiger partial charge in [-0.05, 0) is 37.9 Å². The van der Waals surface area contributed by atoms with Gasteiger partial charge in [-0.15, -0.1) is 0 Å². The van der Waals surface area contributed by atoms with Gasteiger partial charge in [0.25, 0.3) is 0 Å². The van der Waals surface area contributed by atoms with Crippen LogP contribution in [-0.2, 0) is 6.18 Å². The number of hydrogen-bond acceptors (Lipinski definition) is 3. The lowest BCUT2D eigenvalue weighted by Crippen LogP contribution is -2.38. The maximum Gasteiger partial charge on any atom is 0.417 e. The fourth-order valence-electron chi connectivity index (χ4n) is 2.41. The molecule has 0 aliphatic carbocycles. The monoisotopic (exact) mass is 259 g/mol. The molecule has 1 saturated heterocycles. The molecule has 1 fully saturated rings. The van der Waals surface area contributed by atoms with Crippen molar-refractivity contribution in [3.63, 3.8) is 0 Å². The molecule has 0 bridgehead atoms. The summed E-state index contributed by atoms with van der Waals surface area (Å²) in [7, 11) is 0. The molecule has 0 amide bonds. The van der Waals surface area contributed by atoms with E-state index in [-0.39, 0.29) is 17.8 Å². The van der Waals surface area contributed by atoms with Crippen molar-refractivity contribution in [1.82, 2.24) is 10.3 Å².